The van der Waals surface area contributed by atoms with Crippen molar-refractivity contribution in [1.82, 2.24) is 5.32 Å². The van der Waals surface area contributed by atoms with E-state index in [4.69, 9.17) is 4.74 Å². The van der Waals surface area contributed by atoms with E-state index >= 15 is 0 Å². The number of ether oxygens (including phenoxy) is 1. The molecule has 2 rings (SSSR count). The fourth-order valence-electron chi connectivity index (χ4n) is 1.76. The van der Waals surface area contributed by atoms with E-state index in [1.165, 1.54) is 36.4 Å². The summed E-state index contributed by atoms with van der Waals surface area (Å²) in [5.41, 5.74) is 0.0876. The van der Waals surface area contributed by atoms with Crippen LogP contribution in [0.15, 0.2) is 48.5 Å². The summed E-state index contributed by atoms with van der Waals surface area (Å²) in [4.78, 5) is 11.6. The molecule has 0 atom stereocenters. The normalized spacial score (nSPS) is 11.3. The summed E-state index contributed by atoms with van der Waals surface area (Å²) in [6, 6.07) is 10.1. The first-order valence-electron chi connectivity index (χ1n) is 7.01. The van der Waals surface area contributed by atoms with Gasteiger partial charge in [-0.1, -0.05) is 18.2 Å². The van der Waals surface area contributed by atoms with Crippen LogP contribution in [0.1, 0.15) is 0 Å². The molecule has 134 valence electrons. The van der Waals surface area contributed by atoms with Crippen LogP contribution >= 0.6 is 0 Å². The van der Waals surface area contributed by atoms with Crippen molar-refractivity contribution in [3.05, 3.63) is 54.3 Å². The molecular formula is C16H13F5N2O2. The molecule has 0 saturated heterocycles. The standard InChI is InChI=1S/C16H13F5N2O2/c17-10-4-3-5-11(8-10)25-13-7-2-1-6-12(13)23-15(24)22-9-16(20,21)14(18)19/h1-8,14H,9H2,(H2,22,23,24). The van der Waals surface area contributed by atoms with Crippen LogP contribution in [0.2, 0.25) is 0 Å². The number of hydrogen-bond donors (Lipinski definition) is 2. The van der Waals surface area contributed by atoms with Gasteiger partial charge >= 0.3 is 18.4 Å². The first kappa shape index (κ1) is 18.5. The molecule has 0 fully saturated rings. The molecule has 9 heteroatoms. The van der Waals surface area contributed by atoms with Crippen molar-refractivity contribution in [2.24, 2.45) is 0 Å². The van der Waals surface area contributed by atoms with Crippen molar-refractivity contribution in [2.45, 2.75) is 12.3 Å². The van der Waals surface area contributed by atoms with Gasteiger partial charge in [-0.25, -0.2) is 18.0 Å². The molecule has 2 N–H and O–H groups in total. The number of benzene rings is 2. The highest BCUT2D eigenvalue weighted by Crippen LogP contribution is 2.29. The third-order valence-corrected chi connectivity index (χ3v) is 2.96. The Morgan fingerprint density at radius 3 is 2.52 bits per heavy atom. The minimum absolute atomic E-state index is 0.0876. The number of anilines is 1. The summed E-state index contributed by atoms with van der Waals surface area (Å²) in [5.74, 6) is -4.60. The molecule has 0 aliphatic heterocycles. The largest absolute Gasteiger partial charge is 0.455 e. The van der Waals surface area contributed by atoms with Gasteiger partial charge in [-0.2, -0.15) is 8.78 Å². The monoisotopic (exact) mass is 360 g/mol. The van der Waals surface area contributed by atoms with Gasteiger partial charge < -0.3 is 15.4 Å². The Morgan fingerprint density at radius 2 is 1.84 bits per heavy atom. The van der Waals surface area contributed by atoms with Gasteiger partial charge in [0.1, 0.15) is 11.6 Å². The first-order chi connectivity index (χ1) is 11.8. The number of amides is 2. The lowest BCUT2D eigenvalue weighted by atomic mass is 10.3. The SMILES string of the molecule is O=C(NCC(F)(F)C(F)F)Nc1ccccc1Oc1cccc(F)c1. The Morgan fingerprint density at radius 1 is 1.12 bits per heavy atom. The number of carbonyl (C=O) groups is 1. The van der Waals surface area contributed by atoms with Gasteiger partial charge in [-0.3, -0.25) is 0 Å². The van der Waals surface area contributed by atoms with Gasteiger partial charge in [-0.15, -0.1) is 0 Å². The smallest absolute Gasteiger partial charge is 0.324 e. The summed E-state index contributed by atoms with van der Waals surface area (Å²) >= 11 is 0. The highest BCUT2D eigenvalue weighted by molar-refractivity contribution is 5.91. The zero-order valence-electron chi connectivity index (χ0n) is 12.6. The molecule has 0 aliphatic rings. The first-order valence-corrected chi connectivity index (χ1v) is 7.01. The molecule has 0 unspecified atom stereocenters. The average Bonchev–Trinajstić information content (AvgIpc) is 2.55. The Kier molecular flexibility index (Phi) is 5.79. The molecule has 0 aliphatic carbocycles. The topological polar surface area (TPSA) is 50.4 Å². The summed E-state index contributed by atoms with van der Waals surface area (Å²) in [7, 11) is 0. The Hall–Kier alpha value is -2.84. The highest BCUT2D eigenvalue weighted by atomic mass is 19.3. The van der Waals surface area contributed by atoms with Gasteiger partial charge in [0, 0.05) is 6.07 Å². The second kappa shape index (κ2) is 7.82. The molecule has 0 spiro atoms. The number of urea groups is 1. The van der Waals surface area contributed by atoms with Gasteiger partial charge in [-0.05, 0) is 24.3 Å². The highest BCUT2D eigenvalue weighted by Gasteiger charge is 2.40. The zero-order chi connectivity index (χ0) is 18.4. The predicted molar refractivity (Wildman–Crippen MR) is 80.9 cm³/mol. The van der Waals surface area contributed by atoms with Crippen molar-refractivity contribution < 1.29 is 31.5 Å². The Bertz CT molecular complexity index is 740. The van der Waals surface area contributed by atoms with E-state index in [2.05, 4.69) is 5.32 Å². The number of hydrogen-bond acceptors (Lipinski definition) is 2. The maximum atomic E-state index is 13.2. The number of para-hydroxylation sites is 2. The number of rotatable bonds is 6. The van der Waals surface area contributed by atoms with Crippen molar-refractivity contribution in [1.29, 1.82) is 0 Å². The molecule has 2 aromatic carbocycles. The minimum Gasteiger partial charge on any atom is -0.455 e. The van der Waals surface area contributed by atoms with Crippen LogP contribution in [0.25, 0.3) is 0 Å². The van der Waals surface area contributed by atoms with E-state index in [9.17, 15) is 26.7 Å². The molecule has 0 aromatic heterocycles. The van der Waals surface area contributed by atoms with Gasteiger partial charge in [0.25, 0.3) is 0 Å². The maximum Gasteiger partial charge on any atom is 0.324 e. The summed E-state index contributed by atoms with van der Waals surface area (Å²) < 4.78 is 68.3. The van der Waals surface area contributed by atoms with Crippen LogP contribution < -0.4 is 15.4 Å². The van der Waals surface area contributed by atoms with Crippen molar-refractivity contribution >= 4 is 11.7 Å². The van der Waals surface area contributed by atoms with Crippen LogP contribution in [-0.2, 0) is 0 Å². The summed E-state index contributed by atoms with van der Waals surface area (Å²) in [5, 5.41) is 3.87. The Balaban J connectivity index is 2.04. The average molecular weight is 360 g/mol. The molecule has 0 bridgehead atoms. The second-order valence-corrected chi connectivity index (χ2v) is 4.93. The maximum absolute atomic E-state index is 13.2. The lowest BCUT2D eigenvalue weighted by Crippen LogP contribution is -2.43. The molecule has 25 heavy (non-hydrogen) atoms. The van der Waals surface area contributed by atoms with Crippen LogP contribution in [-0.4, -0.2) is 24.9 Å². The number of nitrogens with one attached hydrogen (secondary N) is 2. The van der Waals surface area contributed by atoms with Crippen LogP contribution in [0, 0.1) is 5.82 Å². The van der Waals surface area contributed by atoms with E-state index in [-0.39, 0.29) is 17.2 Å². The minimum atomic E-state index is -4.34. The van der Waals surface area contributed by atoms with E-state index in [0.29, 0.717) is 0 Å². The third-order valence-electron chi connectivity index (χ3n) is 2.96. The quantitative estimate of drug-likeness (QED) is 0.738. The molecular weight excluding hydrogens is 347 g/mol. The van der Waals surface area contributed by atoms with Crippen molar-refractivity contribution in [3.8, 4) is 11.5 Å². The van der Waals surface area contributed by atoms with E-state index in [0.717, 1.165) is 6.07 Å². The lowest BCUT2D eigenvalue weighted by Gasteiger charge is -2.17. The van der Waals surface area contributed by atoms with E-state index in [1.807, 2.05) is 0 Å². The number of halogens is 5. The van der Waals surface area contributed by atoms with Gasteiger partial charge in [0.15, 0.2) is 5.75 Å². The molecule has 0 saturated carbocycles. The molecule has 0 radical (unpaired) electrons. The van der Waals surface area contributed by atoms with Crippen molar-refractivity contribution in [2.75, 3.05) is 11.9 Å². The number of alkyl halides is 4. The van der Waals surface area contributed by atoms with Gasteiger partial charge in [0.2, 0.25) is 0 Å². The Labute approximate surface area is 139 Å². The van der Waals surface area contributed by atoms with Crippen molar-refractivity contribution in [3.63, 3.8) is 0 Å². The summed E-state index contributed by atoms with van der Waals surface area (Å²) in [6.45, 7) is -1.52. The molecule has 0 heterocycles. The fourth-order valence-corrected chi connectivity index (χ4v) is 1.76. The fraction of sp³-hybridized carbons (Fsp3) is 0.188. The third kappa shape index (κ3) is 5.33. The van der Waals surface area contributed by atoms with E-state index < -0.39 is 30.7 Å². The lowest BCUT2D eigenvalue weighted by molar-refractivity contribution is -0.123. The van der Waals surface area contributed by atoms with Crippen LogP contribution in [0.5, 0.6) is 11.5 Å². The van der Waals surface area contributed by atoms with E-state index in [1.54, 1.807) is 11.4 Å². The number of carbonyl (C=O) groups excluding carboxylic acids is 1. The predicted octanol–water partition coefficient (Wildman–Crippen LogP) is 4.64. The molecule has 2 amide bonds. The van der Waals surface area contributed by atoms with Gasteiger partial charge in [0.05, 0.1) is 12.2 Å². The second-order valence-electron chi connectivity index (χ2n) is 4.93. The molecule has 2 aromatic rings. The summed E-state index contributed by atoms with van der Waals surface area (Å²) in [6.07, 6.45) is -3.89. The molecule has 4 nitrogen and oxygen atoms in total. The van der Waals surface area contributed by atoms with Crippen LogP contribution in [0.3, 0.4) is 0 Å². The zero-order valence-corrected chi connectivity index (χ0v) is 12.6. The van der Waals surface area contributed by atoms with Crippen LogP contribution in [0.4, 0.5) is 32.4 Å².